The van der Waals surface area contributed by atoms with E-state index in [4.69, 9.17) is 16.3 Å². The van der Waals surface area contributed by atoms with E-state index in [-0.39, 0.29) is 11.9 Å². The minimum Gasteiger partial charge on any atom is -0.378 e. The highest BCUT2D eigenvalue weighted by molar-refractivity contribution is 6.30. The van der Waals surface area contributed by atoms with Gasteiger partial charge in [-0.25, -0.2) is 4.39 Å². The summed E-state index contributed by atoms with van der Waals surface area (Å²) in [6.07, 6.45) is 0. The first kappa shape index (κ1) is 13.7. The first-order valence-corrected chi connectivity index (χ1v) is 6.49. The van der Waals surface area contributed by atoms with E-state index in [2.05, 4.69) is 10.2 Å². The number of morpholine rings is 1. The predicted octanol–water partition coefficient (Wildman–Crippen LogP) is 1.90. The molecule has 1 aromatic carbocycles. The zero-order valence-electron chi connectivity index (χ0n) is 10.5. The fraction of sp³-hybridized carbons (Fsp3) is 0.538. The maximum Gasteiger partial charge on any atom is 0.127 e. The third-order valence-corrected chi connectivity index (χ3v) is 3.41. The molecule has 1 N–H and O–H groups in total. The van der Waals surface area contributed by atoms with Gasteiger partial charge in [-0.15, -0.1) is 0 Å². The van der Waals surface area contributed by atoms with Crippen LogP contribution in [0.3, 0.4) is 0 Å². The lowest BCUT2D eigenvalue weighted by atomic mass is 10.1. The van der Waals surface area contributed by atoms with Crippen LogP contribution in [0.5, 0.6) is 0 Å². The van der Waals surface area contributed by atoms with Gasteiger partial charge in [0.1, 0.15) is 5.82 Å². The topological polar surface area (TPSA) is 24.5 Å². The normalized spacial score (nSPS) is 21.2. The van der Waals surface area contributed by atoms with Crippen LogP contribution in [0.4, 0.5) is 4.39 Å². The molecular formula is C13H18ClFN2O. The summed E-state index contributed by atoms with van der Waals surface area (Å²) < 4.78 is 19.2. The molecule has 0 aromatic heterocycles. The number of ether oxygens (including phenoxy) is 1. The van der Waals surface area contributed by atoms with Crippen LogP contribution in [-0.4, -0.2) is 44.3 Å². The maximum atomic E-state index is 13.7. The van der Waals surface area contributed by atoms with E-state index in [1.807, 2.05) is 7.05 Å². The molecule has 1 unspecified atom stereocenters. The zero-order chi connectivity index (χ0) is 13.0. The molecule has 1 fully saturated rings. The molecule has 0 saturated carbocycles. The monoisotopic (exact) mass is 272 g/mol. The van der Waals surface area contributed by atoms with Gasteiger partial charge < -0.3 is 10.1 Å². The number of hydrogen-bond acceptors (Lipinski definition) is 3. The Morgan fingerprint density at radius 2 is 2.39 bits per heavy atom. The van der Waals surface area contributed by atoms with Crippen LogP contribution in [0, 0.1) is 5.82 Å². The van der Waals surface area contributed by atoms with Gasteiger partial charge in [-0.2, -0.15) is 0 Å². The molecule has 2 rings (SSSR count). The largest absolute Gasteiger partial charge is 0.378 e. The van der Waals surface area contributed by atoms with E-state index < -0.39 is 0 Å². The second-order valence-corrected chi connectivity index (χ2v) is 4.93. The van der Waals surface area contributed by atoms with Crippen LogP contribution in [-0.2, 0) is 11.3 Å². The lowest BCUT2D eigenvalue weighted by Crippen LogP contribution is -2.49. The Kier molecular flexibility index (Phi) is 4.95. The predicted molar refractivity (Wildman–Crippen MR) is 70.4 cm³/mol. The summed E-state index contributed by atoms with van der Waals surface area (Å²) in [5.74, 6) is -0.200. The lowest BCUT2D eigenvalue weighted by Gasteiger charge is -2.35. The average Bonchev–Trinajstić information content (AvgIpc) is 2.36. The van der Waals surface area contributed by atoms with Gasteiger partial charge in [0, 0.05) is 36.3 Å². The van der Waals surface area contributed by atoms with Crippen molar-refractivity contribution in [2.24, 2.45) is 0 Å². The van der Waals surface area contributed by atoms with E-state index in [1.54, 1.807) is 12.1 Å². The maximum absolute atomic E-state index is 13.7. The highest BCUT2D eigenvalue weighted by Gasteiger charge is 2.23. The zero-order valence-corrected chi connectivity index (χ0v) is 11.2. The first-order valence-electron chi connectivity index (χ1n) is 6.11. The van der Waals surface area contributed by atoms with Crippen molar-refractivity contribution in [2.75, 3.05) is 33.4 Å². The smallest absolute Gasteiger partial charge is 0.127 e. The highest BCUT2D eigenvalue weighted by atomic mass is 35.5. The van der Waals surface area contributed by atoms with Gasteiger partial charge in [-0.3, -0.25) is 4.90 Å². The number of likely N-dealkylation sites (N-methyl/N-ethyl adjacent to an activating group) is 1. The summed E-state index contributed by atoms with van der Waals surface area (Å²) in [5.41, 5.74) is 0.644. The molecule has 1 heterocycles. The molecule has 0 radical (unpaired) electrons. The van der Waals surface area contributed by atoms with Gasteiger partial charge in [0.15, 0.2) is 0 Å². The Morgan fingerprint density at radius 3 is 3.17 bits per heavy atom. The molecule has 0 aliphatic carbocycles. The Morgan fingerprint density at radius 1 is 1.56 bits per heavy atom. The molecule has 1 atom stereocenters. The van der Waals surface area contributed by atoms with Gasteiger partial charge >= 0.3 is 0 Å². The van der Waals surface area contributed by atoms with Crippen molar-refractivity contribution < 1.29 is 9.13 Å². The molecule has 1 aliphatic heterocycles. The van der Waals surface area contributed by atoms with E-state index in [9.17, 15) is 4.39 Å². The first-order chi connectivity index (χ1) is 8.70. The van der Waals surface area contributed by atoms with E-state index in [1.165, 1.54) is 6.07 Å². The summed E-state index contributed by atoms with van der Waals surface area (Å²) in [6.45, 7) is 3.61. The summed E-state index contributed by atoms with van der Waals surface area (Å²) in [4.78, 5) is 2.23. The molecule has 1 aliphatic rings. The number of hydrogen-bond donors (Lipinski definition) is 1. The number of nitrogens with one attached hydrogen (secondary N) is 1. The van der Waals surface area contributed by atoms with Crippen LogP contribution in [0.1, 0.15) is 5.56 Å². The SMILES string of the molecule is CNCC1COCCN1Cc1cc(Cl)ccc1F. The second kappa shape index (κ2) is 6.48. The number of benzene rings is 1. The molecule has 0 bridgehead atoms. The minimum absolute atomic E-state index is 0.200. The Hall–Kier alpha value is -0.680. The molecule has 1 saturated heterocycles. The molecular weight excluding hydrogens is 255 g/mol. The van der Waals surface area contributed by atoms with E-state index in [0.29, 0.717) is 30.3 Å². The van der Waals surface area contributed by atoms with Crippen LogP contribution in [0.25, 0.3) is 0 Å². The van der Waals surface area contributed by atoms with Crippen molar-refractivity contribution in [3.8, 4) is 0 Å². The Bertz CT molecular complexity index is 401. The minimum atomic E-state index is -0.200. The Balaban J connectivity index is 2.08. The average molecular weight is 273 g/mol. The highest BCUT2D eigenvalue weighted by Crippen LogP contribution is 2.18. The molecule has 100 valence electrons. The third kappa shape index (κ3) is 3.42. The van der Waals surface area contributed by atoms with Gasteiger partial charge in [0.25, 0.3) is 0 Å². The van der Waals surface area contributed by atoms with Crippen LogP contribution in [0.2, 0.25) is 5.02 Å². The van der Waals surface area contributed by atoms with E-state index >= 15 is 0 Å². The fourth-order valence-electron chi connectivity index (χ4n) is 2.20. The van der Waals surface area contributed by atoms with Crippen molar-refractivity contribution in [3.63, 3.8) is 0 Å². The lowest BCUT2D eigenvalue weighted by molar-refractivity contribution is -0.0107. The van der Waals surface area contributed by atoms with Crippen molar-refractivity contribution in [1.82, 2.24) is 10.2 Å². The molecule has 3 nitrogen and oxygen atoms in total. The quantitative estimate of drug-likeness (QED) is 0.906. The molecule has 1 aromatic rings. The van der Waals surface area contributed by atoms with Crippen LogP contribution in [0.15, 0.2) is 18.2 Å². The third-order valence-electron chi connectivity index (χ3n) is 3.17. The van der Waals surface area contributed by atoms with Gasteiger partial charge in [0.2, 0.25) is 0 Å². The fourth-order valence-corrected chi connectivity index (χ4v) is 2.40. The molecule has 5 heteroatoms. The van der Waals surface area contributed by atoms with Crippen molar-refractivity contribution in [1.29, 1.82) is 0 Å². The number of rotatable bonds is 4. The van der Waals surface area contributed by atoms with Crippen LogP contribution < -0.4 is 5.32 Å². The molecule has 0 amide bonds. The van der Waals surface area contributed by atoms with E-state index in [0.717, 1.165) is 13.1 Å². The van der Waals surface area contributed by atoms with Crippen molar-refractivity contribution in [2.45, 2.75) is 12.6 Å². The van der Waals surface area contributed by atoms with Crippen molar-refractivity contribution in [3.05, 3.63) is 34.6 Å². The van der Waals surface area contributed by atoms with Gasteiger partial charge in [-0.1, -0.05) is 11.6 Å². The standard InChI is InChI=1S/C13H18ClFN2O/c1-16-7-12-9-18-5-4-17(12)8-10-6-11(14)2-3-13(10)15/h2-3,6,12,16H,4-5,7-9H2,1H3. The second-order valence-electron chi connectivity index (χ2n) is 4.49. The summed E-state index contributed by atoms with van der Waals surface area (Å²) in [7, 11) is 1.91. The summed E-state index contributed by atoms with van der Waals surface area (Å²) in [6, 6.07) is 4.97. The summed E-state index contributed by atoms with van der Waals surface area (Å²) in [5, 5.41) is 3.71. The van der Waals surface area contributed by atoms with Gasteiger partial charge in [0.05, 0.1) is 13.2 Å². The number of halogens is 2. The number of nitrogens with zero attached hydrogens (tertiary/aromatic N) is 1. The van der Waals surface area contributed by atoms with Crippen LogP contribution >= 0.6 is 11.6 Å². The van der Waals surface area contributed by atoms with Crippen molar-refractivity contribution >= 4 is 11.6 Å². The summed E-state index contributed by atoms with van der Waals surface area (Å²) >= 11 is 5.91. The molecule has 0 spiro atoms. The Labute approximate surface area is 112 Å². The van der Waals surface area contributed by atoms with Gasteiger partial charge in [-0.05, 0) is 25.2 Å². The molecule has 18 heavy (non-hydrogen) atoms.